The van der Waals surface area contributed by atoms with Crippen LogP contribution in [0.5, 0.6) is 0 Å². The molecule has 25 heavy (non-hydrogen) atoms. The Hall–Kier alpha value is -2.55. The molecule has 0 bridgehead atoms. The molecule has 0 amide bonds. The number of hydrogen-bond acceptors (Lipinski definition) is 5. The molecule has 1 aromatic heterocycles. The Balaban J connectivity index is 2.64. The van der Waals surface area contributed by atoms with Crippen LogP contribution in [0, 0.1) is 6.92 Å². The zero-order valence-electron chi connectivity index (χ0n) is 14.6. The molecule has 2 aromatic rings. The zero-order valence-corrected chi connectivity index (χ0v) is 15.4. The number of carbonyl (C=O) groups is 1. The van der Waals surface area contributed by atoms with Gasteiger partial charge in [-0.05, 0) is 26.0 Å². The molecule has 2 rings (SSSR count). The first-order valence-electron chi connectivity index (χ1n) is 7.65. The summed E-state index contributed by atoms with van der Waals surface area (Å²) in [6.07, 6.45) is 0.949. The second-order valence-corrected chi connectivity index (χ2v) is 7.39. The van der Waals surface area contributed by atoms with E-state index in [0.29, 0.717) is 11.4 Å². The maximum absolute atomic E-state index is 12.9. The lowest BCUT2D eigenvalue weighted by Crippen LogP contribution is -2.39. The van der Waals surface area contributed by atoms with Crippen LogP contribution in [0.25, 0.3) is 5.69 Å². The minimum atomic E-state index is -3.86. The van der Waals surface area contributed by atoms with Gasteiger partial charge < -0.3 is 4.74 Å². The van der Waals surface area contributed by atoms with E-state index >= 15 is 0 Å². The fourth-order valence-corrected chi connectivity index (χ4v) is 3.41. The van der Waals surface area contributed by atoms with E-state index in [4.69, 9.17) is 4.74 Å². The summed E-state index contributed by atoms with van der Waals surface area (Å²) < 4.78 is 32.9. The normalized spacial score (nSPS) is 11.4. The average Bonchev–Trinajstić information content (AvgIpc) is 2.75. The van der Waals surface area contributed by atoms with Crippen LogP contribution in [0.15, 0.2) is 35.1 Å². The second kappa shape index (κ2) is 7.14. The van der Waals surface area contributed by atoms with Crippen molar-refractivity contribution in [2.75, 3.05) is 23.7 Å². The minimum absolute atomic E-state index is 0.0677. The molecule has 0 unspecified atom stereocenters. The third-order valence-electron chi connectivity index (χ3n) is 3.75. The second-order valence-electron chi connectivity index (χ2n) is 5.48. The topological polar surface area (TPSA) is 90.6 Å². The van der Waals surface area contributed by atoms with Gasteiger partial charge in [0.25, 0.3) is 5.56 Å². The third-order valence-corrected chi connectivity index (χ3v) is 4.86. The van der Waals surface area contributed by atoms with Crippen LogP contribution < -0.4 is 9.86 Å². The zero-order chi connectivity index (χ0) is 18.8. The number of nitrogens with zero attached hydrogens (tertiary/aromatic N) is 3. The van der Waals surface area contributed by atoms with Crippen LogP contribution in [0.3, 0.4) is 0 Å². The van der Waals surface area contributed by atoms with Crippen LogP contribution in [0.1, 0.15) is 12.6 Å². The van der Waals surface area contributed by atoms with Crippen molar-refractivity contribution in [1.82, 2.24) is 9.36 Å². The van der Waals surface area contributed by atoms with Crippen LogP contribution in [-0.4, -0.2) is 43.2 Å². The van der Waals surface area contributed by atoms with Crippen molar-refractivity contribution in [3.63, 3.8) is 0 Å². The minimum Gasteiger partial charge on any atom is -0.465 e. The van der Waals surface area contributed by atoms with Crippen molar-refractivity contribution in [2.45, 2.75) is 13.8 Å². The summed E-state index contributed by atoms with van der Waals surface area (Å²) >= 11 is 0. The van der Waals surface area contributed by atoms with Crippen molar-refractivity contribution < 1.29 is 17.9 Å². The van der Waals surface area contributed by atoms with Gasteiger partial charge in [0.1, 0.15) is 12.2 Å². The number of carbonyl (C=O) groups excluding carboxylic acids is 1. The highest BCUT2D eigenvalue weighted by Gasteiger charge is 2.29. The molecule has 0 radical (unpaired) electrons. The highest BCUT2D eigenvalue weighted by molar-refractivity contribution is 7.92. The van der Waals surface area contributed by atoms with E-state index in [-0.39, 0.29) is 12.3 Å². The van der Waals surface area contributed by atoms with Gasteiger partial charge in [-0.3, -0.25) is 18.6 Å². The van der Waals surface area contributed by atoms with Crippen molar-refractivity contribution in [2.24, 2.45) is 7.05 Å². The SMILES string of the molecule is CCOC(=O)CN(c1c(C)n(C)n(-c2ccccc2)c1=O)S(C)(=O)=O. The maximum atomic E-state index is 12.9. The van der Waals surface area contributed by atoms with E-state index in [9.17, 15) is 18.0 Å². The summed E-state index contributed by atoms with van der Waals surface area (Å²) in [5.41, 5.74) is 0.417. The first-order chi connectivity index (χ1) is 11.7. The smallest absolute Gasteiger partial charge is 0.326 e. The molecule has 0 aliphatic carbocycles. The van der Waals surface area contributed by atoms with Gasteiger partial charge in [0.2, 0.25) is 10.0 Å². The molecular weight excluding hydrogens is 346 g/mol. The van der Waals surface area contributed by atoms with E-state index < -0.39 is 28.1 Å². The van der Waals surface area contributed by atoms with Gasteiger partial charge in [0, 0.05) is 7.05 Å². The summed E-state index contributed by atoms with van der Waals surface area (Å²) in [4.78, 5) is 24.7. The molecule has 0 saturated heterocycles. The molecule has 0 aliphatic heterocycles. The van der Waals surface area contributed by atoms with Gasteiger partial charge in [-0.15, -0.1) is 0 Å². The van der Waals surface area contributed by atoms with Crippen molar-refractivity contribution in [3.8, 4) is 5.69 Å². The molecule has 1 aromatic carbocycles. The largest absolute Gasteiger partial charge is 0.465 e. The summed E-state index contributed by atoms with van der Waals surface area (Å²) in [7, 11) is -2.21. The molecule has 136 valence electrons. The van der Waals surface area contributed by atoms with Crippen LogP contribution in [-0.2, 0) is 26.6 Å². The van der Waals surface area contributed by atoms with Gasteiger partial charge in [-0.25, -0.2) is 13.1 Å². The maximum Gasteiger partial charge on any atom is 0.326 e. The van der Waals surface area contributed by atoms with Gasteiger partial charge in [-0.2, -0.15) is 0 Å². The Labute approximate surface area is 146 Å². The molecule has 0 atom stereocenters. The standard InChI is InChI=1S/C16H21N3O5S/c1-5-24-14(20)11-18(25(4,22)23)15-12(2)17(3)19(16(15)21)13-9-7-6-8-10-13/h6-10H,5,11H2,1-4H3. The number of hydrogen-bond donors (Lipinski definition) is 0. The molecule has 1 heterocycles. The Morgan fingerprint density at radius 1 is 1.24 bits per heavy atom. The summed E-state index contributed by atoms with van der Waals surface area (Å²) in [5, 5.41) is 0. The molecule has 0 aliphatic rings. The molecule has 0 N–H and O–H groups in total. The number of esters is 1. The average molecular weight is 367 g/mol. The first-order valence-corrected chi connectivity index (χ1v) is 9.50. The van der Waals surface area contributed by atoms with E-state index in [0.717, 1.165) is 10.6 Å². The van der Waals surface area contributed by atoms with Crippen molar-refractivity contribution >= 4 is 21.7 Å². The Kier molecular flexibility index (Phi) is 5.36. The number of benzene rings is 1. The Morgan fingerprint density at radius 3 is 2.36 bits per heavy atom. The number of aromatic nitrogens is 2. The molecular formula is C16H21N3O5S. The van der Waals surface area contributed by atoms with Gasteiger partial charge in [0.05, 0.1) is 24.2 Å². The first kappa shape index (κ1) is 18.8. The molecule has 9 heteroatoms. The third kappa shape index (κ3) is 3.76. The lowest BCUT2D eigenvalue weighted by molar-refractivity contribution is -0.141. The molecule has 8 nitrogen and oxygen atoms in total. The lowest BCUT2D eigenvalue weighted by atomic mass is 10.3. The fraction of sp³-hybridized carbons (Fsp3) is 0.375. The lowest BCUT2D eigenvalue weighted by Gasteiger charge is -2.19. The Bertz CT molecular complexity index is 929. The fourth-order valence-electron chi connectivity index (χ4n) is 2.53. The summed E-state index contributed by atoms with van der Waals surface area (Å²) in [5.74, 6) is -0.721. The van der Waals surface area contributed by atoms with Crippen LogP contribution in [0.4, 0.5) is 5.69 Å². The summed E-state index contributed by atoms with van der Waals surface area (Å²) in [6.45, 7) is 2.82. The number of sulfonamides is 1. The van der Waals surface area contributed by atoms with E-state index in [2.05, 4.69) is 0 Å². The number of rotatable bonds is 6. The van der Waals surface area contributed by atoms with Crippen molar-refractivity contribution in [3.05, 3.63) is 46.4 Å². The van der Waals surface area contributed by atoms with E-state index in [1.54, 1.807) is 49.8 Å². The molecule has 0 spiro atoms. The quantitative estimate of drug-likeness (QED) is 0.705. The Morgan fingerprint density at radius 2 is 1.84 bits per heavy atom. The van der Waals surface area contributed by atoms with E-state index in [1.807, 2.05) is 6.07 Å². The van der Waals surface area contributed by atoms with Gasteiger partial charge in [0.15, 0.2) is 0 Å². The number of para-hydroxylation sites is 1. The molecule has 0 saturated carbocycles. The van der Waals surface area contributed by atoms with Crippen LogP contribution in [0.2, 0.25) is 0 Å². The van der Waals surface area contributed by atoms with Gasteiger partial charge >= 0.3 is 5.97 Å². The molecule has 0 fully saturated rings. The predicted molar refractivity (Wildman–Crippen MR) is 94.6 cm³/mol. The monoisotopic (exact) mass is 367 g/mol. The summed E-state index contributed by atoms with van der Waals surface area (Å²) in [6, 6.07) is 8.84. The van der Waals surface area contributed by atoms with Gasteiger partial charge in [-0.1, -0.05) is 18.2 Å². The predicted octanol–water partition coefficient (Wildman–Crippen LogP) is 0.814. The highest BCUT2D eigenvalue weighted by atomic mass is 32.2. The van der Waals surface area contributed by atoms with E-state index in [1.165, 1.54) is 4.68 Å². The van der Waals surface area contributed by atoms with Crippen LogP contribution >= 0.6 is 0 Å². The number of ether oxygens (including phenoxy) is 1. The van der Waals surface area contributed by atoms with Crippen molar-refractivity contribution in [1.29, 1.82) is 0 Å². The number of anilines is 1. The highest BCUT2D eigenvalue weighted by Crippen LogP contribution is 2.20.